The minimum absolute atomic E-state index is 0.136. The lowest BCUT2D eigenvalue weighted by Crippen LogP contribution is -2.11. The van der Waals surface area contributed by atoms with Crippen LogP contribution in [0.5, 0.6) is 0 Å². The molecule has 3 rings (SSSR count). The molecule has 3 aromatic rings. The first-order valence-electron chi connectivity index (χ1n) is 6.84. The molecule has 0 saturated heterocycles. The molecule has 1 unspecified atom stereocenters. The smallest absolute Gasteiger partial charge is 0.231 e. The van der Waals surface area contributed by atoms with Crippen molar-refractivity contribution in [3.63, 3.8) is 0 Å². The van der Waals surface area contributed by atoms with Gasteiger partial charge in [0.15, 0.2) is 0 Å². The van der Waals surface area contributed by atoms with Crippen LogP contribution in [0.15, 0.2) is 47.0 Å². The molecule has 1 atom stereocenters. The summed E-state index contributed by atoms with van der Waals surface area (Å²) in [7, 11) is 0. The first-order valence-corrected chi connectivity index (χ1v) is 6.84. The van der Waals surface area contributed by atoms with Crippen molar-refractivity contribution in [2.45, 2.75) is 19.3 Å². The molecule has 0 aliphatic rings. The van der Waals surface area contributed by atoms with Crippen molar-refractivity contribution in [2.24, 2.45) is 5.73 Å². The maximum atomic E-state index is 5.71. The molecule has 0 radical (unpaired) electrons. The maximum absolute atomic E-state index is 5.71. The Balaban J connectivity index is 1.98. The number of benzene rings is 2. The van der Waals surface area contributed by atoms with E-state index in [0.717, 1.165) is 12.0 Å². The van der Waals surface area contributed by atoms with Crippen molar-refractivity contribution in [3.05, 3.63) is 48.4 Å². The van der Waals surface area contributed by atoms with Gasteiger partial charge in [-0.05, 0) is 23.3 Å². The molecule has 20 heavy (non-hydrogen) atoms. The summed E-state index contributed by atoms with van der Waals surface area (Å²) in [5.41, 5.74) is 6.67. The van der Waals surface area contributed by atoms with E-state index in [4.69, 9.17) is 10.3 Å². The summed E-state index contributed by atoms with van der Waals surface area (Å²) in [6.45, 7) is 2.59. The Labute approximate surface area is 117 Å². The molecule has 1 heterocycles. The molecular weight excluding hydrogens is 250 g/mol. The lowest BCUT2D eigenvalue weighted by molar-refractivity contribution is 0.351. The fourth-order valence-electron chi connectivity index (χ4n) is 2.29. The number of nitrogens with two attached hydrogens (primary N) is 1. The van der Waals surface area contributed by atoms with Gasteiger partial charge in [0.25, 0.3) is 0 Å². The van der Waals surface area contributed by atoms with Gasteiger partial charge in [0.2, 0.25) is 11.7 Å². The third-order valence-electron chi connectivity index (χ3n) is 3.58. The largest absolute Gasteiger partial charge is 0.339 e. The van der Waals surface area contributed by atoms with E-state index in [1.807, 2.05) is 18.2 Å². The quantitative estimate of drug-likeness (QED) is 0.787. The first-order chi connectivity index (χ1) is 9.81. The van der Waals surface area contributed by atoms with E-state index in [9.17, 15) is 0 Å². The average Bonchev–Trinajstić information content (AvgIpc) is 2.98. The van der Waals surface area contributed by atoms with E-state index < -0.39 is 0 Å². The average molecular weight is 267 g/mol. The van der Waals surface area contributed by atoms with Gasteiger partial charge >= 0.3 is 0 Å². The highest BCUT2D eigenvalue weighted by molar-refractivity contribution is 5.86. The maximum Gasteiger partial charge on any atom is 0.231 e. The van der Waals surface area contributed by atoms with Gasteiger partial charge in [0, 0.05) is 12.1 Å². The molecule has 4 nitrogen and oxygen atoms in total. The van der Waals surface area contributed by atoms with Gasteiger partial charge in [0.1, 0.15) is 0 Å². The Hall–Kier alpha value is -2.20. The van der Waals surface area contributed by atoms with Crippen LogP contribution in [0.1, 0.15) is 25.2 Å². The van der Waals surface area contributed by atoms with E-state index >= 15 is 0 Å². The third kappa shape index (κ3) is 2.30. The summed E-state index contributed by atoms with van der Waals surface area (Å²) in [6.07, 6.45) is 0.899. The number of fused-ring (bicyclic) bond motifs is 1. The topological polar surface area (TPSA) is 64.9 Å². The number of hydrogen-bond donors (Lipinski definition) is 1. The van der Waals surface area contributed by atoms with Crippen LogP contribution in [-0.2, 0) is 0 Å². The molecule has 0 saturated carbocycles. The fraction of sp³-hybridized carbons (Fsp3) is 0.250. The monoisotopic (exact) mass is 267 g/mol. The van der Waals surface area contributed by atoms with Crippen LogP contribution >= 0.6 is 0 Å². The van der Waals surface area contributed by atoms with Crippen molar-refractivity contribution < 1.29 is 4.52 Å². The lowest BCUT2D eigenvalue weighted by Gasteiger charge is -2.04. The molecule has 0 aliphatic carbocycles. The summed E-state index contributed by atoms with van der Waals surface area (Å²) < 4.78 is 5.33. The summed E-state index contributed by atoms with van der Waals surface area (Å²) >= 11 is 0. The van der Waals surface area contributed by atoms with Crippen molar-refractivity contribution in [1.29, 1.82) is 0 Å². The third-order valence-corrected chi connectivity index (χ3v) is 3.58. The normalized spacial score (nSPS) is 12.7. The predicted octanol–water partition coefficient (Wildman–Crippen LogP) is 3.34. The van der Waals surface area contributed by atoms with Gasteiger partial charge in [0.05, 0.1) is 5.92 Å². The second-order valence-electron chi connectivity index (χ2n) is 4.86. The fourth-order valence-corrected chi connectivity index (χ4v) is 2.29. The SMILES string of the molecule is CCC(CN)c1nc(-c2ccc3ccccc3c2)no1. The highest BCUT2D eigenvalue weighted by atomic mass is 16.5. The van der Waals surface area contributed by atoms with Crippen LogP contribution in [0.3, 0.4) is 0 Å². The summed E-state index contributed by atoms with van der Waals surface area (Å²) in [4.78, 5) is 4.47. The van der Waals surface area contributed by atoms with Gasteiger partial charge in [-0.3, -0.25) is 0 Å². The Kier molecular flexibility index (Phi) is 3.48. The molecule has 2 N–H and O–H groups in total. The number of hydrogen-bond acceptors (Lipinski definition) is 4. The zero-order valence-corrected chi connectivity index (χ0v) is 11.4. The van der Waals surface area contributed by atoms with Crippen molar-refractivity contribution in [3.8, 4) is 11.4 Å². The van der Waals surface area contributed by atoms with Crippen LogP contribution in [-0.4, -0.2) is 16.7 Å². The summed E-state index contributed by atoms with van der Waals surface area (Å²) in [5, 5.41) is 6.44. The molecule has 4 heteroatoms. The van der Waals surface area contributed by atoms with Gasteiger partial charge in [-0.15, -0.1) is 0 Å². The number of aromatic nitrogens is 2. The second-order valence-corrected chi connectivity index (χ2v) is 4.86. The van der Waals surface area contributed by atoms with Crippen LogP contribution in [0.4, 0.5) is 0 Å². The summed E-state index contributed by atoms with van der Waals surface area (Å²) in [5.74, 6) is 1.38. The van der Waals surface area contributed by atoms with E-state index in [1.54, 1.807) is 0 Å². The Morgan fingerprint density at radius 1 is 1.15 bits per heavy atom. The second kappa shape index (κ2) is 5.43. The Morgan fingerprint density at radius 2 is 1.95 bits per heavy atom. The molecule has 0 amide bonds. The highest BCUT2D eigenvalue weighted by Gasteiger charge is 2.16. The zero-order chi connectivity index (χ0) is 13.9. The van der Waals surface area contributed by atoms with E-state index in [-0.39, 0.29) is 5.92 Å². The van der Waals surface area contributed by atoms with E-state index in [0.29, 0.717) is 18.3 Å². The van der Waals surface area contributed by atoms with Crippen LogP contribution in [0.25, 0.3) is 22.2 Å². The van der Waals surface area contributed by atoms with Crippen LogP contribution < -0.4 is 5.73 Å². The van der Waals surface area contributed by atoms with Crippen LogP contribution in [0.2, 0.25) is 0 Å². The van der Waals surface area contributed by atoms with Crippen molar-refractivity contribution in [1.82, 2.24) is 10.1 Å². The molecule has 0 spiro atoms. The molecular formula is C16H17N3O. The molecule has 0 bridgehead atoms. The molecule has 0 aliphatic heterocycles. The van der Waals surface area contributed by atoms with Gasteiger partial charge in [-0.2, -0.15) is 4.98 Å². The van der Waals surface area contributed by atoms with Crippen molar-refractivity contribution >= 4 is 10.8 Å². The van der Waals surface area contributed by atoms with Gasteiger partial charge in [-0.25, -0.2) is 0 Å². The Morgan fingerprint density at radius 3 is 2.70 bits per heavy atom. The van der Waals surface area contributed by atoms with Gasteiger partial charge in [-0.1, -0.05) is 48.5 Å². The minimum atomic E-state index is 0.136. The number of rotatable bonds is 4. The summed E-state index contributed by atoms with van der Waals surface area (Å²) in [6, 6.07) is 14.4. The Bertz CT molecular complexity index is 716. The van der Waals surface area contributed by atoms with Crippen molar-refractivity contribution in [2.75, 3.05) is 6.54 Å². The first kappa shape index (κ1) is 12.8. The van der Waals surface area contributed by atoms with E-state index in [1.165, 1.54) is 10.8 Å². The number of nitrogens with zero attached hydrogens (tertiary/aromatic N) is 2. The highest BCUT2D eigenvalue weighted by Crippen LogP contribution is 2.24. The molecule has 1 aromatic heterocycles. The predicted molar refractivity (Wildman–Crippen MR) is 79.3 cm³/mol. The molecule has 102 valence electrons. The standard InChI is InChI=1S/C16H17N3O/c1-2-11(10-17)16-18-15(19-20-16)14-8-7-12-5-3-4-6-13(12)9-14/h3-9,11H,2,10,17H2,1H3. The van der Waals surface area contributed by atoms with Gasteiger partial charge < -0.3 is 10.3 Å². The molecule has 2 aromatic carbocycles. The van der Waals surface area contributed by atoms with E-state index in [2.05, 4.69) is 41.3 Å². The zero-order valence-electron chi connectivity index (χ0n) is 11.4. The minimum Gasteiger partial charge on any atom is -0.339 e. The lowest BCUT2D eigenvalue weighted by atomic mass is 10.1. The van der Waals surface area contributed by atoms with Crippen LogP contribution in [0, 0.1) is 0 Å². The molecule has 0 fully saturated rings.